The predicted molar refractivity (Wildman–Crippen MR) is 77.7 cm³/mol. The lowest BCUT2D eigenvalue weighted by molar-refractivity contribution is 0.0946. The second kappa shape index (κ2) is 6.26. The Morgan fingerprint density at radius 1 is 1.58 bits per heavy atom. The van der Waals surface area contributed by atoms with E-state index >= 15 is 0 Å². The third-order valence-corrected chi connectivity index (χ3v) is 3.44. The first-order valence-corrected chi connectivity index (χ1v) is 7.00. The molecule has 4 nitrogen and oxygen atoms in total. The van der Waals surface area contributed by atoms with Crippen LogP contribution in [0.5, 0.6) is 0 Å². The number of amides is 1. The first-order chi connectivity index (χ1) is 9.08. The van der Waals surface area contributed by atoms with Crippen LogP contribution in [0.2, 0.25) is 5.02 Å². The van der Waals surface area contributed by atoms with Crippen LogP contribution >= 0.6 is 11.6 Å². The molecule has 2 heterocycles. The van der Waals surface area contributed by atoms with Crippen LogP contribution in [0.1, 0.15) is 36.8 Å². The van der Waals surface area contributed by atoms with E-state index in [1.165, 1.54) is 5.57 Å². The van der Waals surface area contributed by atoms with E-state index in [1.807, 2.05) is 18.4 Å². The Bertz CT molecular complexity index is 491. The zero-order valence-electron chi connectivity index (χ0n) is 11.4. The van der Waals surface area contributed by atoms with Gasteiger partial charge in [0.1, 0.15) is 5.69 Å². The molecule has 1 aromatic heterocycles. The first kappa shape index (κ1) is 14.2. The van der Waals surface area contributed by atoms with Crippen molar-refractivity contribution >= 4 is 17.5 Å². The lowest BCUT2D eigenvalue weighted by Crippen LogP contribution is -2.31. The normalized spacial score (nSPS) is 15.5. The maximum Gasteiger partial charge on any atom is 0.268 e. The highest BCUT2D eigenvalue weighted by atomic mass is 35.5. The van der Waals surface area contributed by atoms with Gasteiger partial charge in [0.05, 0.1) is 5.02 Å². The van der Waals surface area contributed by atoms with E-state index in [-0.39, 0.29) is 11.9 Å². The summed E-state index contributed by atoms with van der Waals surface area (Å²) in [5.41, 5.74) is 1.90. The molecule has 0 bridgehead atoms. The molecular weight excluding hydrogens is 262 g/mol. The molecule has 5 heteroatoms. The van der Waals surface area contributed by atoms with Crippen molar-refractivity contribution in [3.63, 3.8) is 0 Å². The van der Waals surface area contributed by atoms with E-state index in [4.69, 9.17) is 11.6 Å². The van der Waals surface area contributed by atoms with E-state index < -0.39 is 0 Å². The Morgan fingerprint density at radius 3 is 3.00 bits per heavy atom. The van der Waals surface area contributed by atoms with Crippen LogP contribution in [0.4, 0.5) is 0 Å². The van der Waals surface area contributed by atoms with E-state index in [9.17, 15) is 4.79 Å². The van der Waals surface area contributed by atoms with Gasteiger partial charge in [-0.25, -0.2) is 0 Å². The molecule has 104 valence electrons. The molecule has 0 fully saturated rings. The summed E-state index contributed by atoms with van der Waals surface area (Å²) < 4.78 is 1.90. The molecule has 2 N–H and O–H groups in total. The standard InChI is InChI=1S/C14H20ClN3O/c1-10(2)18-9-12(15)7-13(18)14(19)17-8-11-3-5-16-6-4-11/h3,7,9-10,16H,4-6,8H2,1-2H3,(H,17,19). The van der Waals surface area contributed by atoms with Crippen LogP contribution in [0.15, 0.2) is 23.9 Å². The Kier molecular flexibility index (Phi) is 4.66. The van der Waals surface area contributed by atoms with Crippen molar-refractivity contribution in [2.75, 3.05) is 19.6 Å². The lowest BCUT2D eigenvalue weighted by atomic mass is 10.1. The first-order valence-electron chi connectivity index (χ1n) is 6.62. The fourth-order valence-corrected chi connectivity index (χ4v) is 2.38. The SMILES string of the molecule is CC(C)n1cc(Cl)cc1C(=O)NCC1=CCNCC1. The van der Waals surface area contributed by atoms with Gasteiger partial charge >= 0.3 is 0 Å². The maximum atomic E-state index is 12.2. The van der Waals surface area contributed by atoms with Crippen molar-refractivity contribution in [2.45, 2.75) is 26.3 Å². The van der Waals surface area contributed by atoms with Gasteiger partial charge in [-0.1, -0.05) is 23.3 Å². The largest absolute Gasteiger partial charge is 0.347 e. The number of carbonyl (C=O) groups is 1. The lowest BCUT2D eigenvalue weighted by Gasteiger charge is -2.16. The number of nitrogens with zero attached hydrogens (tertiary/aromatic N) is 1. The summed E-state index contributed by atoms with van der Waals surface area (Å²) in [6.07, 6.45) is 4.93. The van der Waals surface area contributed by atoms with Crippen LogP contribution < -0.4 is 10.6 Å². The second-order valence-electron chi connectivity index (χ2n) is 5.04. The van der Waals surface area contributed by atoms with Gasteiger partial charge in [-0.05, 0) is 32.9 Å². The summed E-state index contributed by atoms with van der Waals surface area (Å²) in [4.78, 5) is 12.2. The average molecular weight is 282 g/mol. The monoisotopic (exact) mass is 281 g/mol. The fourth-order valence-electron chi connectivity index (χ4n) is 2.17. The molecule has 1 aliphatic rings. The van der Waals surface area contributed by atoms with E-state index in [0.717, 1.165) is 19.5 Å². The van der Waals surface area contributed by atoms with Crippen molar-refractivity contribution in [1.29, 1.82) is 0 Å². The van der Waals surface area contributed by atoms with Gasteiger partial charge in [-0.15, -0.1) is 0 Å². The van der Waals surface area contributed by atoms with E-state index in [0.29, 0.717) is 17.3 Å². The minimum atomic E-state index is -0.0694. The third kappa shape index (κ3) is 3.61. The van der Waals surface area contributed by atoms with E-state index in [1.54, 1.807) is 12.3 Å². The fraction of sp³-hybridized carbons (Fsp3) is 0.500. The van der Waals surface area contributed by atoms with Crippen LogP contribution in [-0.4, -0.2) is 30.1 Å². The van der Waals surface area contributed by atoms with Crippen LogP contribution in [0.25, 0.3) is 0 Å². The van der Waals surface area contributed by atoms with Crippen LogP contribution in [-0.2, 0) is 0 Å². The highest BCUT2D eigenvalue weighted by Crippen LogP contribution is 2.18. The number of hydrogen-bond acceptors (Lipinski definition) is 2. The zero-order chi connectivity index (χ0) is 13.8. The van der Waals surface area contributed by atoms with E-state index in [2.05, 4.69) is 16.7 Å². The summed E-state index contributed by atoms with van der Waals surface area (Å²) in [5.74, 6) is -0.0694. The van der Waals surface area contributed by atoms with Crippen LogP contribution in [0.3, 0.4) is 0 Å². The topological polar surface area (TPSA) is 46.1 Å². The number of rotatable bonds is 4. The molecule has 0 saturated heterocycles. The highest BCUT2D eigenvalue weighted by Gasteiger charge is 2.15. The van der Waals surface area contributed by atoms with Gasteiger partial charge in [0.15, 0.2) is 0 Å². The summed E-state index contributed by atoms with van der Waals surface area (Å²) in [7, 11) is 0. The highest BCUT2D eigenvalue weighted by molar-refractivity contribution is 6.31. The van der Waals surface area contributed by atoms with Crippen LogP contribution in [0, 0.1) is 0 Å². The molecule has 0 saturated carbocycles. The molecule has 1 aromatic rings. The molecule has 0 aliphatic carbocycles. The molecule has 19 heavy (non-hydrogen) atoms. The molecule has 0 unspecified atom stereocenters. The summed E-state index contributed by atoms with van der Waals surface area (Å²) in [5, 5.41) is 6.81. The van der Waals surface area contributed by atoms with Gasteiger partial charge in [-0.3, -0.25) is 4.79 Å². The molecule has 2 rings (SSSR count). The minimum absolute atomic E-state index is 0.0694. The maximum absolute atomic E-state index is 12.2. The Morgan fingerprint density at radius 2 is 2.37 bits per heavy atom. The quantitative estimate of drug-likeness (QED) is 0.833. The Labute approximate surface area is 118 Å². The molecule has 0 atom stereocenters. The molecule has 0 spiro atoms. The predicted octanol–water partition coefficient (Wildman–Crippen LogP) is 2.37. The minimum Gasteiger partial charge on any atom is -0.347 e. The van der Waals surface area contributed by atoms with Gasteiger partial charge in [0, 0.05) is 25.3 Å². The van der Waals surface area contributed by atoms with Gasteiger partial charge in [0.2, 0.25) is 0 Å². The third-order valence-electron chi connectivity index (χ3n) is 3.24. The van der Waals surface area contributed by atoms with Crippen molar-refractivity contribution in [3.05, 3.63) is 34.6 Å². The van der Waals surface area contributed by atoms with Crippen molar-refractivity contribution in [3.8, 4) is 0 Å². The Hall–Kier alpha value is -1.26. The Balaban J connectivity index is 2.01. The summed E-state index contributed by atoms with van der Waals surface area (Å²) in [6.45, 7) is 6.54. The second-order valence-corrected chi connectivity index (χ2v) is 5.48. The summed E-state index contributed by atoms with van der Waals surface area (Å²) >= 11 is 5.98. The van der Waals surface area contributed by atoms with Crippen molar-refractivity contribution in [2.24, 2.45) is 0 Å². The van der Waals surface area contributed by atoms with Gasteiger partial charge < -0.3 is 15.2 Å². The molecular formula is C14H20ClN3O. The van der Waals surface area contributed by atoms with Gasteiger partial charge in [-0.2, -0.15) is 0 Å². The van der Waals surface area contributed by atoms with Crippen molar-refractivity contribution in [1.82, 2.24) is 15.2 Å². The number of carbonyl (C=O) groups excluding carboxylic acids is 1. The average Bonchev–Trinajstić information content (AvgIpc) is 2.79. The van der Waals surface area contributed by atoms with Crippen molar-refractivity contribution < 1.29 is 4.79 Å². The molecule has 1 aliphatic heterocycles. The number of nitrogens with one attached hydrogen (secondary N) is 2. The molecule has 0 aromatic carbocycles. The molecule has 0 radical (unpaired) electrons. The zero-order valence-corrected chi connectivity index (χ0v) is 12.1. The molecule has 1 amide bonds. The summed E-state index contributed by atoms with van der Waals surface area (Å²) in [6, 6.07) is 1.93. The smallest absolute Gasteiger partial charge is 0.268 e. The van der Waals surface area contributed by atoms with Gasteiger partial charge in [0.25, 0.3) is 5.91 Å². The number of aromatic nitrogens is 1. The number of hydrogen-bond donors (Lipinski definition) is 2. The number of halogens is 1.